The maximum absolute atomic E-state index is 11.6. The molecular formula is C15H25N3O4PS+. The number of carbonyl (C=O) groups excluding carboxylic acids is 1. The van der Waals surface area contributed by atoms with Crippen LogP contribution >= 0.6 is 20.9 Å². The molecule has 0 amide bonds. The number of nitrogens with zero attached hydrogens (tertiary/aromatic N) is 3. The molecule has 0 saturated carbocycles. The van der Waals surface area contributed by atoms with Crippen LogP contribution in [0.15, 0.2) is 12.3 Å². The van der Waals surface area contributed by atoms with Crippen LogP contribution in [0.4, 0.5) is 5.82 Å². The Labute approximate surface area is 149 Å². The van der Waals surface area contributed by atoms with Gasteiger partial charge < -0.3 is 4.90 Å². The van der Waals surface area contributed by atoms with Gasteiger partial charge in [0.1, 0.15) is 11.6 Å². The Morgan fingerprint density at radius 2 is 2.21 bits per heavy atom. The van der Waals surface area contributed by atoms with Crippen molar-refractivity contribution in [3.8, 4) is 0 Å². The SMILES string of the molecule is CCCC.O=C(O[P+](=O)O)C1CCN(c2ccnc(CCS)n2)C1. The second kappa shape index (κ2) is 11.3. The summed E-state index contributed by atoms with van der Waals surface area (Å²) in [5.41, 5.74) is 0. The van der Waals surface area contributed by atoms with E-state index < -0.39 is 20.1 Å². The van der Waals surface area contributed by atoms with Crippen molar-refractivity contribution in [1.29, 1.82) is 0 Å². The van der Waals surface area contributed by atoms with Crippen molar-refractivity contribution in [2.24, 2.45) is 5.92 Å². The fraction of sp³-hybridized carbons (Fsp3) is 0.667. The zero-order chi connectivity index (χ0) is 17.9. The average Bonchev–Trinajstić information content (AvgIpc) is 3.05. The van der Waals surface area contributed by atoms with Crippen LogP contribution in [0.25, 0.3) is 0 Å². The highest BCUT2D eigenvalue weighted by Gasteiger charge is 2.35. The highest BCUT2D eigenvalue weighted by atomic mass is 32.1. The molecule has 1 aromatic rings. The smallest absolute Gasteiger partial charge is 0.356 e. The summed E-state index contributed by atoms with van der Waals surface area (Å²) in [6.07, 6.45) is 5.58. The van der Waals surface area contributed by atoms with E-state index in [0.29, 0.717) is 37.5 Å². The molecule has 9 heteroatoms. The number of unbranched alkanes of at least 4 members (excludes halogenated alkanes) is 1. The van der Waals surface area contributed by atoms with Crippen LogP contribution in [0.2, 0.25) is 0 Å². The monoisotopic (exact) mass is 374 g/mol. The topological polar surface area (TPSA) is 92.6 Å². The fourth-order valence-corrected chi connectivity index (χ4v) is 2.60. The van der Waals surface area contributed by atoms with Crippen LogP contribution in [0.5, 0.6) is 0 Å². The Morgan fingerprint density at radius 1 is 1.50 bits per heavy atom. The first-order valence-corrected chi connectivity index (χ1v) is 9.83. The van der Waals surface area contributed by atoms with Crippen LogP contribution in [-0.4, -0.2) is 39.7 Å². The predicted molar refractivity (Wildman–Crippen MR) is 96.4 cm³/mol. The van der Waals surface area contributed by atoms with E-state index in [1.807, 2.05) is 4.90 Å². The van der Waals surface area contributed by atoms with E-state index in [4.69, 9.17) is 4.89 Å². The molecular weight excluding hydrogens is 349 g/mol. The molecule has 0 bridgehead atoms. The number of rotatable bonds is 6. The van der Waals surface area contributed by atoms with Gasteiger partial charge in [-0.1, -0.05) is 26.7 Å². The predicted octanol–water partition coefficient (Wildman–Crippen LogP) is 2.77. The summed E-state index contributed by atoms with van der Waals surface area (Å²) in [6, 6.07) is 1.78. The number of thiol groups is 1. The number of aromatic nitrogens is 2. The van der Waals surface area contributed by atoms with E-state index in [1.54, 1.807) is 12.3 Å². The van der Waals surface area contributed by atoms with Crippen LogP contribution < -0.4 is 4.90 Å². The van der Waals surface area contributed by atoms with Gasteiger partial charge in [-0.15, -0.1) is 4.89 Å². The molecule has 2 unspecified atom stereocenters. The van der Waals surface area contributed by atoms with Gasteiger partial charge in [-0.25, -0.2) is 14.8 Å². The number of anilines is 1. The molecule has 2 rings (SSSR count). The lowest BCUT2D eigenvalue weighted by Gasteiger charge is -2.16. The van der Waals surface area contributed by atoms with Gasteiger partial charge in [-0.3, -0.25) is 0 Å². The summed E-state index contributed by atoms with van der Waals surface area (Å²) in [4.78, 5) is 30.6. The molecule has 24 heavy (non-hydrogen) atoms. The van der Waals surface area contributed by atoms with Crippen molar-refractivity contribution >= 4 is 32.7 Å². The molecule has 1 saturated heterocycles. The Morgan fingerprint density at radius 3 is 2.79 bits per heavy atom. The van der Waals surface area contributed by atoms with Crippen LogP contribution in [0, 0.1) is 5.92 Å². The standard InChI is InChI=1S/C11H14N3O4PS.C4H10/c15-11(18-19(16)17)8-2-5-14(7-8)10-1-4-12-9(13-10)3-6-20;1-3-4-2/h1,4,8H,2-3,5-7H2,(H-,16,17,20);3-4H2,1-2H3/p+1. The summed E-state index contributed by atoms with van der Waals surface area (Å²) in [6.45, 7) is 5.44. The van der Waals surface area contributed by atoms with Crippen molar-refractivity contribution in [3.05, 3.63) is 18.1 Å². The third kappa shape index (κ3) is 7.11. The molecule has 1 aliphatic heterocycles. The lowest BCUT2D eigenvalue weighted by Crippen LogP contribution is -2.24. The van der Waals surface area contributed by atoms with Crippen molar-refractivity contribution in [1.82, 2.24) is 9.97 Å². The van der Waals surface area contributed by atoms with Crippen molar-refractivity contribution < 1.29 is 18.8 Å². The Bertz CT molecular complexity index is 545. The molecule has 1 aromatic heterocycles. The van der Waals surface area contributed by atoms with E-state index in [9.17, 15) is 9.36 Å². The van der Waals surface area contributed by atoms with Gasteiger partial charge in [0.25, 0.3) is 0 Å². The minimum Gasteiger partial charge on any atom is -0.356 e. The molecule has 0 aromatic carbocycles. The molecule has 1 fully saturated rings. The van der Waals surface area contributed by atoms with E-state index in [1.165, 1.54) is 12.8 Å². The summed E-state index contributed by atoms with van der Waals surface area (Å²) in [5.74, 6) is 1.09. The van der Waals surface area contributed by atoms with Crippen molar-refractivity contribution in [2.75, 3.05) is 23.7 Å². The van der Waals surface area contributed by atoms with E-state index in [0.717, 1.165) is 5.82 Å². The summed E-state index contributed by atoms with van der Waals surface area (Å²) in [5, 5.41) is 0. The van der Waals surface area contributed by atoms with Gasteiger partial charge in [0.05, 0.1) is 5.92 Å². The fourth-order valence-electron chi connectivity index (χ4n) is 2.10. The normalized spacial score (nSPS) is 17.1. The van der Waals surface area contributed by atoms with Crippen molar-refractivity contribution in [2.45, 2.75) is 39.5 Å². The molecule has 0 radical (unpaired) electrons. The second-order valence-corrected chi connectivity index (χ2v) is 6.49. The molecule has 0 spiro atoms. The molecule has 1 aliphatic rings. The summed E-state index contributed by atoms with van der Waals surface area (Å²) < 4.78 is 14.8. The van der Waals surface area contributed by atoms with Gasteiger partial charge in [-0.2, -0.15) is 17.2 Å². The number of aryl methyl sites for hydroxylation is 1. The largest absolute Gasteiger partial charge is 0.750 e. The molecule has 7 nitrogen and oxygen atoms in total. The van der Waals surface area contributed by atoms with Crippen LogP contribution in [0.1, 0.15) is 38.9 Å². The Balaban J connectivity index is 0.000000648. The van der Waals surface area contributed by atoms with E-state index in [-0.39, 0.29) is 0 Å². The Kier molecular flexibility index (Phi) is 9.83. The average molecular weight is 374 g/mol. The molecule has 0 aliphatic carbocycles. The summed E-state index contributed by atoms with van der Waals surface area (Å²) in [7, 11) is -2.89. The summed E-state index contributed by atoms with van der Waals surface area (Å²) >= 11 is 4.14. The number of hydrogen-bond donors (Lipinski definition) is 2. The minimum absolute atomic E-state index is 0.399. The van der Waals surface area contributed by atoms with Crippen LogP contribution in [0.3, 0.4) is 0 Å². The highest BCUT2D eigenvalue weighted by Crippen LogP contribution is 2.26. The van der Waals surface area contributed by atoms with Gasteiger partial charge >= 0.3 is 14.2 Å². The third-order valence-electron chi connectivity index (χ3n) is 3.54. The lowest BCUT2D eigenvalue weighted by molar-refractivity contribution is -0.138. The van der Waals surface area contributed by atoms with E-state index >= 15 is 0 Å². The molecule has 1 N–H and O–H groups in total. The zero-order valence-corrected chi connectivity index (χ0v) is 15.9. The minimum atomic E-state index is -2.89. The van der Waals surface area contributed by atoms with Gasteiger partial charge in [-0.05, 0) is 18.2 Å². The lowest BCUT2D eigenvalue weighted by atomic mass is 10.1. The zero-order valence-electron chi connectivity index (χ0n) is 14.1. The quantitative estimate of drug-likeness (QED) is 0.584. The second-order valence-electron chi connectivity index (χ2n) is 5.38. The van der Waals surface area contributed by atoms with E-state index in [2.05, 4.69) is 41.0 Å². The first kappa shape index (κ1) is 20.8. The number of hydrogen-bond acceptors (Lipinski definition) is 7. The maximum atomic E-state index is 11.6. The maximum Gasteiger partial charge on any atom is 0.750 e. The Hall–Kier alpha value is -1.24. The molecule has 2 heterocycles. The van der Waals surface area contributed by atoms with Gasteiger partial charge in [0.2, 0.25) is 0 Å². The molecule has 2 atom stereocenters. The number of carbonyl (C=O) groups is 1. The third-order valence-corrected chi connectivity index (χ3v) is 4.10. The molecule has 134 valence electrons. The van der Waals surface area contributed by atoms with Crippen molar-refractivity contribution in [3.63, 3.8) is 0 Å². The van der Waals surface area contributed by atoms with Crippen LogP contribution in [-0.2, 0) is 20.3 Å². The first-order valence-electron chi connectivity index (χ1n) is 8.07. The first-order chi connectivity index (χ1) is 11.5. The van der Waals surface area contributed by atoms with Gasteiger partial charge in [0, 0.05) is 30.3 Å². The van der Waals surface area contributed by atoms with Gasteiger partial charge in [0.15, 0.2) is 0 Å². The highest BCUT2D eigenvalue weighted by molar-refractivity contribution is 7.80.